The van der Waals surface area contributed by atoms with Crippen LogP contribution in [0.15, 0.2) is 24.3 Å². The molecule has 1 aromatic rings. The molecule has 5 nitrogen and oxygen atoms in total. The Balaban J connectivity index is 1.90. The SMILES string of the molecule is CCOc1ccccc1CN1CCN(CCS(C)(=O)=O)[C@H](C)C1. The van der Waals surface area contributed by atoms with E-state index in [1.807, 2.05) is 25.1 Å². The van der Waals surface area contributed by atoms with Gasteiger partial charge < -0.3 is 4.74 Å². The highest BCUT2D eigenvalue weighted by Crippen LogP contribution is 2.21. The molecule has 0 amide bonds. The Labute approximate surface area is 140 Å². The van der Waals surface area contributed by atoms with Crippen LogP contribution in [-0.4, -0.2) is 69.1 Å². The molecule has 0 N–H and O–H groups in total. The Morgan fingerprint density at radius 1 is 1.26 bits per heavy atom. The highest BCUT2D eigenvalue weighted by Gasteiger charge is 2.24. The first-order valence-corrected chi connectivity index (χ1v) is 10.3. The van der Waals surface area contributed by atoms with E-state index >= 15 is 0 Å². The van der Waals surface area contributed by atoms with Crippen molar-refractivity contribution in [1.29, 1.82) is 0 Å². The van der Waals surface area contributed by atoms with Crippen LogP contribution in [0.25, 0.3) is 0 Å². The van der Waals surface area contributed by atoms with Crippen LogP contribution in [0.3, 0.4) is 0 Å². The van der Waals surface area contributed by atoms with Gasteiger partial charge in [-0.3, -0.25) is 9.80 Å². The molecule has 0 aromatic heterocycles. The van der Waals surface area contributed by atoms with Crippen LogP contribution in [0.1, 0.15) is 19.4 Å². The van der Waals surface area contributed by atoms with Gasteiger partial charge in [0, 0.05) is 50.6 Å². The molecule has 1 aromatic carbocycles. The van der Waals surface area contributed by atoms with Crippen LogP contribution < -0.4 is 4.74 Å². The molecule has 0 radical (unpaired) electrons. The lowest BCUT2D eigenvalue weighted by Crippen LogP contribution is -2.52. The van der Waals surface area contributed by atoms with E-state index in [1.165, 1.54) is 11.8 Å². The van der Waals surface area contributed by atoms with E-state index in [-0.39, 0.29) is 5.75 Å². The highest BCUT2D eigenvalue weighted by molar-refractivity contribution is 7.90. The second-order valence-electron chi connectivity index (χ2n) is 6.29. The van der Waals surface area contributed by atoms with Gasteiger partial charge in [0.05, 0.1) is 12.4 Å². The number of piperazine rings is 1. The molecule has 0 saturated carbocycles. The number of para-hydroxylation sites is 1. The van der Waals surface area contributed by atoms with Crippen LogP contribution in [0.4, 0.5) is 0 Å². The van der Waals surface area contributed by atoms with Gasteiger partial charge in [0.2, 0.25) is 0 Å². The largest absolute Gasteiger partial charge is 0.494 e. The van der Waals surface area contributed by atoms with Crippen molar-refractivity contribution in [2.24, 2.45) is 0 Å². The molecule has 1 atom stereocenters. The molecule has 1 heterocycles. The Morgan fingerprint density at radius 3 is 2.65 bits per heavy atom. The first-order chi connectivity index (χ1) is 10.9. The molecule has 1 fully saturated rings. The van der Waals surface area contributed by atoms with E-state index in [1.54, 1.807) is 0 Å². The van der Waals surface area contributed by atoms with Crippen molar-refractivity contribution in [2.75, 3.05) is 44.8 Å². The standard InChI is InChI=1S/C17H28N2O3S/c1-4-22-17-8-6-5-7-16(17)14-18-9-10-19(15(2)13-18)11-12-23(3,20)21/h5-8,15H,4,9-14H2,1-3H3/t15-/m1/s1. The third-order valence-electron chi connectivity index (χ3n) is 4.26. The molecular weight excluding hydrogens is 312 g/mol. The number of sulfone groups is 1. The quantitative estimate of drug-likeness (QED) is 0.755. The summed E-state index contributed by atoms with van der Waals surface area (Å²) in [7, 11) is -2.89. The van der Waals surface area contributed by atoms with Gasteiger partial charge in [0.25, 0.3) is 0 Å². The Bertz CT molecular complexity index is 604. The number of hydrogen-bond acceptors (Lipinski definition) is 5. The number of benzene rings is 1. The first kappa shape index (κ1) is 18.2. The van der Waals surface area contributed by atoms with Gasteiger partial charge in [0.15, 0.2) is 0 Å². The van der Waals surface area contributed by atoms with E-state index < -0.39 is 9.84 Å². The fourth-order valence-corrected chi connectivity index (χ4v) is 3.57. The van der Waals surface area contributed by atoms with Gasteiger partial charge >= 0.3 is 0 Å². The lowest BCUT2D eigenvalue weighted by atomic mass is 10.1. The first-order valence-electron chi connectivity index (χ1n) is 8.24. The zero-order valence-corrected chi connectivity index (χ0v) is 15.2. The maximum atomic E-state index is 11.3. The predicted molar refractivity (Wildman–Crippen MR) is 93.6 cm³/mol. The summed E-state index contributed by atoms with van der Waals surface area (Å²) in [5.41, 5.74) is 1.21. The normalized spacial score (nSPS) is 20.6. The van der Waals surface area contributed by atoms with Crippen molar-refractivity contribution >= 4 is 9.84 Å². The molecular formula is C17H28N2O3S. The summed E-state index contributed by atoms with van der Waals surface area (Å²) in [5, 5.41) is 0. The van der Waals surface area contributed by atoms with Gasteiger partial charge in [-0.2, -0.15) is 0 Å². The minimum absolute atomic E-state index is 0.241. The van der Waals surface area contributed by atoms with Crippen LogP contribution in [0.5, 0.6) is 5.75 Å². The van der Waals surface area contributed by atoms with Crippen LogP contribution in [0.2, 0.25) is 0 Å². The van der Waals surface area contributed by atoms with Crippen molar-refractivity contribution in [3.63, 3.8) is 0 Å². The average molecular weight is 340 g/mol. The Hall–Kier alpha value is -1.11. The van der Waals surface area contributed by atoms with Crippen molar-refractivity contribution in [3.05, 3.63) is 29.8 Å². The molecule has 130 valence electrons. The van der Waals surface area contributed by atoms with Crippen molar-refractivity contribution < 1.29 is 13.2 Å². The van der Waals surface area contributed by atoms with Gasteiger partial charge in [0.1, 0.15) is 15.6 Å². The van der Waals surface area contributed by atoms with Crippen LogP contribution >= 0.6 is 0 Å². The van der Waals surface area contributed by atoms with E-state index in [9.17, 15) is 8.42 Å². The molecule has 23 heavy (non-hydrogen) atoms. The molecule has 0 bridgehead atoms. The summed E-state index contributed by atoms with van der Waals surface area (Å²) in [4.78, 5) is 4.69. The average Bonchev–Trinajstić information content (AvgIpc) is 2.48. The number of rotatable bonds is 7. The summed E-state index contributed by atoms with van der Waals surface area (Å²) in [6.45, 7) is 9.16. The summed E-state index contributed by atoms with van der Waals surface area (Å²) in [5.74, 6) is 1.20. The van der Waals surface area contributed by atoms with Crippen LogP contribution in [-0.2, 0) is 16.4 Å². The highest BCUT2D eigenvalue weighted by atomic mass is 32.2. The maximum Gasteiger partial charge on any atom is 0.148 e. The summed E-state index contributed by atoms with van der Waals surface area (Å²) < 4.78 is 28.4. The third kappa shape index (κ3) is 5.79. The van der Waals surface area contributed by atoms with Crippen molar-refractivity contribution in [1.82, 2.24) is 9.80 Å². The van der Waals surface area contributed by atoms with Crippen molar-refractivity contribution in [3.8, 4) is 5.75 Å². The van der Waals surface area contributed by atoms with Gasteiger partial charge in [-0.05, 0) is 19.9 Å². The molecule has 0 unspecified atom stereocenters. The molecule has 2 rings (SSSR count). The monoisotopic (exact) mass is 340 g/mol. The lowest BCUT2D eigenvalue weighted by Gasteiger charge is -2.40. The molecule has 0 aliphatic carbocycles. The number of nitrogens with zero attached hydrogens (tertiary/aromatic N) is 2. The number of hydrogen-bond donors (Lipinski definition) is 0. The topological polar surface area (TPSA) is 49.9 Å². The second kappa shape index (κ2) is 8.13. The van der Waals surface area contributed by atoms with Gasteiger partial charge in [-0.1, -0.05) is 18.2 Å². The Morgan fingerprint density at radius 2 is 2.00 bits per heavy atom. The van der Waals surface area contributed by atoms with E-state index in [4.69, 9.17) is 4.74 Å². The molecule has 1 aliphatic heterocycles. The second-order valence-corrected chi connectivity index (χ2v) is 8.55. The molecule has 1 aliphatic rings. The summed E-state index contributed by atoms with van der Waals surface area (Å²) in [6, 6.07) is 8.55. The summed E-state index contributed by atoms with van der Waals surface area (Å²) in [6.07, 6.45) is 1.30. The molecule has 0 spiro atoms. The fourth-order valence-electron chi connectivity index (χ4n) is 3.00. The van der Waals surface area contributed by atoms with E-state index in [2.05, 4.69) is 22.8 Å². The van der Waals surface area contributed by atoms with E-state index in [0.29, 0.717) is 19.2 Å². The maximum absolute atomic E-state index is 11.3. The van der Waals surface area contributed by atoms with E-state index in [0.717, 1.165) is 31.9 Å². The Kier molecular flexibility index (Phi) is 6.44. The predicted octanol–water partition coefficient (Wildman–Crippen LogP) is 1.64. The smallest absolute Gasteiger partial charge is 0.148 e. The fraction of sp³-hybridized carbons (Fsp3) is 0.647. The number of ether oxygens (including phenoxy) is 1. The van der Waals surface area contributed by atoms with Gasteiger partial charge in [-0.15, -0.1) is 0 Å². The summed E-state index contributed by atoms with van der Waals surface area (Å²) >= 11 is 0. The zero-order valence-electron chi connectivity index (χ0n) is 14.4. The molecule has 6 heteroatoms. The minimum atomic E-state index is -2.89. The minimum Gasteiger partial charge on any atom is -0.494 e. The molecule has 1 saturated heterocycles. The van der Waals surface area contributed by atoms with Crippen LogP contribution in [0, 0.1) is 0 Å². The zero-order chi connectivity index (χ0) is 16.9. The lowest BCUT2D eigenvalue weighted by molar-refractivity contribution is 0.0833. The van der Waals surface area contributed by atoms with Gasteiger partial charge in [-0.25, -0.2) is 8.42 Å². The van der Waals surface area contributed by atoms with Crippen molar-refractivity contribution in [2.45, 2.75) is 26.4 Å². The third-order valence-corrected chi connectivity index (χ3v) is 5.19.